The Kier molecular flexibility index (Phi) is 5.45. The molecule has 0 radical (unpaired) electrons. The standard InChI is InChI=1S/C21H33N3O2.ClH/c25-19(23-17-3-5-22-6-4-17)18-2-1-7-24(18)20(26)21-11-14-8-15(12-21)10-16(9-14)13-21;/h14-18,22H,1-13H2,(H,23,25);1H. The van der Waals surface area contributed by atoms with Gasteiger partial charge < -0.3 is 15.5 Å². The van der Waals surface area contributed by atoms with Crippen molar-refractivity contribution < 1.29 is 9.59 Å². The number of halogens is 1. The van der Waals surface area contributed by atoms with Gasteiger partial charge in [0, 0.05) is 12.6 Å². The molecule has 2 N–H and O–H groups in total. The molecule has 6 rings (SSSR count). The molecular weight excluding hydrogens is 362 g/mol. The second-order valence-corrected chi connectivity index (χ2v) is 9.89. The average molecular weight is 396 g/mol. The lowest BCUT2D eigenvalue weighted by molar-refractivity contribution is -0.160. The first-order valence-electron chi connectivity index (χ1n) is 11.0. The van der Waals surface area contributed by atoms with E-state index in [1.165, 1.54) is 19.3 Å². The summed E-state index contributed by atoms with van der Waals surface area (Å²) in [6, 6.07) is 0.0613. The molecule has 4 saturated carbocycles. The minimum Gasteiger partial charge on any atom is -0.351 e. The van der Waals surface area contributed by atoms with Gasteiger partial charge in [0.15, 0.2) is 0 Å². The molecule has 2 heterocycles. The van der Waals surface area contributed by atoms with Crippen molar-refractivity contribution in [3.63, 3.8) is 0 Å². The summed E-state index contributed by atoms with van der Waals surface area (Å²) < 4.78 is 0. The zero-order valence-corrected chi connectivity index (χ0v) is 17.1. The molecule has 5 nitrogen and oxygen atoms in total. The van der Waals surface area contributed by atoms with Gasteiger partial charge in [0.2, 0.25) is 11.8 Å². The van der Waals surface area contributed by atoms with E-state index < -0.39 is 0 Å². The van der Waals surface area contributed by atoms with E-state index in [9.17, 15) is 9.59 Å². The van der Waals surface area contributed by atoms with Crippen molar-refractivity contribution in [3.05, 3.63) is 0 Å². The maximum atomic E-state index is 13.6. The van der Waals surface area contributed by atoms with Crippen molar-refractivity contribution in [2.45, 2.75) is 76.3 Å². The van der Waals surface area contributed by atoms with E-state index in [1.54, 1.807) is 0 Å². The Hall–Kier alpha value is -0.810. The number of hydrogen-bond donors (Lipinski definition) is 2. The van der Waals surface area contributed by atoms with Crippen LogP contribution in [0, 0.1) is 23.2 Å². The van der Waals surface area contributed by atoms with Crippen LogP contribution >= 0.6 is 12.4 Å². The Morgan fingerprint density at radius 3 is 2.11 bits per heavy atom. The highest BCUT2D eigenvalue weighted by Crippen LogP contribution is 2.60. The Labute approximate surface area is 168 Å². The molecule has 0 aromatic carbocycles. The molecule has 4 bridgehead atoms. The molecule has 1 atom stereocenters. The fourth-order valence-electron chi connectivity index (χ4n) is 7.22. The number of carbonyl (C=O) groups excluding carboxylic acids is 2. The molecule has 152 valence electrons. The number of rotatable bonds is 3. The summed E-state index contributed by atoms with van der Waals surface area (Å²) in [5.41, 5.74) is -0.119. The Morgan fingerprint density at radius 1 is 0.926 bits per heavy atom. The highest BCUT2D eigenvalue weighted by molar-refractivity contribution is 5.91. The van der Waals surface area contributed by atoms with Crippen LogP contribution in [0.1, 0.15) is 64.2 Å². The van der Waals surface area contributed by atoms with E-state index in [2.05, 4.69) is 10.6 Å². The lowest BCUT2D eigenvalue weighted by Crippen LogP contribution is -2.58. The molecule has 1 unspecified atom stereocenters. The van der Waals surface area contributed by atoms with Gasteiger partial charge in [-0.25, -0.2) is 0 Å². The van der Waals surface area contributed by atoms with Gasteiger partial charge in [0.05, 0.1) is 5.41 Å². The molecule has 2 amide bonds. The summed E-state index contributed by atoms with van der Waals surface area (Å²) in [5, 5.41) is 6.59. The number of likely N-dealkylation sites (tertiary alicyclic amines) is 1. The molecule has 4 aliphatic carbocycles. The van der Waals surface area contributed by atoms with E-state index in [0.717, 1.165) is 82.3 Å². The summed E-state index contributed by atoms with van der Waals surface area (Å²) in [6.07, 6.45) is 11.2. The van der Waals surface area contributed by atoms with Gasteiger partial charge in [-0.1, -0.05) is 0 Å². The van der Waals surface area contributed by atoms with Crippen LogP contribution in [0.25, 0.3) is 0 Å². The first-order valence-corrected chi connectivity index (χ1v) is 11.0. The van der Waals surface area contributed by atoms with Crippen LogP contribution in [0.2, 0.25) is 0 Å². The smallest absolute Gasteiger partial charge is 0.243 e. The van der Waals surface area contributed by atoms with Crippen molar-refractivity contribution in [3.8, 4) is 0 Å². The summed E-state index contributed by atoms with van der Waals surface area (Å²) in [5.74, 6) is 2.76. The van der Waals surface area contributed by atoms with Gasteiger partial charge in [0.25, 0.3) is 0 Å². The third-order valence-corrected chi connectivity index (χ3v) is 7.99. The highest BCUT2D eigenvalue weighted by atomic mass is 35.5. The summed E-state index contributed by atoms with van der Waals surface area (Å²) in [4.78, 5) is 28.6. The molecule has 6 heteroatoms. The monoisotopic (exact) mass is 395 g/mol. The molecule has 2 saturated heterocycles. The van der Waals surface area contributed by atoms with Gasteiger partial charge in [-0.05, 0) is 95.1 Å². The maximum absolute atomic E-state index is 13.6. The third kappa shape index (κ3) is 3.50. The zero-order chi connectivity index (χ0) is 17.7. The molecule has 0 aromatic rings. The number of nitrogens with one attached hydrogen (secondary N) is 2. The lowest BCUT2D eigenvalue weighted by Gasteiger charge is -2.56. The summed E-state index contributed by atoms with van der Waals surface area (Å²) in [6.45, 7) is 2.74. The van der Waals surface area contributed by atoms with E-state index in [1.807, 2.05) is 4.90 Å². The third-order valence-electron chi connectivity index (χ3n) is 7.99. The van der Waals surface area contributed by atoms with Crippen LogP contribution in [-0.2, 0) is 9.59 Å². The highest BCUT2D eigenvalue weighted by Gasteiger charge is 2.56. The first-order chi connectivity index (χ1) is 12.6. The van der Waals surface area contributed by atoms with Crippen molar-refractivity contribution in [1.82, 2.24) is 15.5 Å². The summed E-state index contributed by atoms with van der Waals surface area (Å²) in [7, 11) is 0. The van der Waals surface area contributed by atoms with Gasteiger partial charge in [0.1, 0.15) is 6.04 Å². The van der Waals surface area contributed by atoms with Crippen molar-refractivity contribution in [2.24, 2.45) is 23.2 Å². The largest absolute Gasteiger partial charge is 0.351 e. The fraction of sp³-hybridized carbons (Fsp3) is 0.905. The Balaban J connectivity index is 0.00000180. The second-order valence-electron chi connectivity index (χ2n) is 9.89. The number of amides is 2. The van der Waals surface area contributed by atoms with Crippen LogP contribution in [-0.4, -0.2) is 48.4 Å². The van der Waals surface area contributed by atoms with E-state index >= 15 is 0 Å². The normalized spacial score (nSPS) is 40.7. The van der Waals surface area contributed by atoms with Crippen LogP contribution in [0.3, 0.4) is 0 Å². The molecule has 6 fully saturated rings. The Morgan fingerprint density at radius 2 is 1.52 bits per heavy atom. The van der Waals surface area contributed by atoms with Gasteiger partial charge in [-0.2, -0.15) is 0 Å². The van der Waals surface area contributed by atoms with Gasteiger partial charge in [-0.3, -0.25) is 9.59 Å². The van der Waals surface area contributed by atoms with Crippen molar-refractivity contribution >= 4 is 24.2 Å². The van der Waals surface area contributed by atoms with Crippen LogP contribution in [0.4, 0.5) is 0 Å². The molecule has 2 aliphatic heterocycles. The first kappa shape index (κ1) is 19.5. The molecule has 27 heavy (non-hydrogen) atoms. The molecule has 0 spiro atoms. The quantitative estimate of drug-likeness (QED) is 0.771. The van der Waals surface area contributed by atoms with Crippen molar-refractivity contribution in [2.75, 3.05) is 19.6 Å². The zero-order valence-electron chi connectivity index (χ0n) is 16.3. The number of piperidine rings is 1. The number of hydrogen-bond acceptors (Lipinski definition) is 3. The van der Waals surface area contributed by atoms with E-state index in [0.29, 0.717) is 5.91 Å². The van der Waals surface area contributed by atoms with Gasteiger partial charge >= 0.3 is 0 Å². The second kappa shape index (κ2) is 7.55. The fourth-order valence-corrected chi connectivity index (χ4v) is 7.22. The number of nitrogens with zero attached hydrogens (tertiary/aromatic N) is 1. The Bertz CT molecular complexity index is 555. The average Bonchev–Trinajstić information content (AvgIpc) is 3.10. The van der Waals surface area contributed by atoms with E-state index in [4.69, 9.17) is 0 Å². The lowest BCUT2D eigenvalue weighted by atomic mass is 9.49. The predicted molar refractivity (Wildman–Crippen MR) is 107 cm³/mol. The minimum atomic E-state index is -0.217. The molecule has 6 aliphatic rings. The minimum absolute atomic E-state index is 0. The molecule has 0 aromatic heterocycles. The summed E-state index contributed by atoms with van der Waals surface area (Å²) >= 11 is 0. The SMILES string of the molecule is Cl.O=C(NC1CCNCC1)C1CCCN1C(=O)C12CC3CC(CC(C3)C1)C2. The van der Waals surface area contributed by atoms with Gasteiger partial charge in [-0.15, -0.1) is 12.4 Å². The van der Waals surface area contributed by atoms with Crippen LogP contribution in [0.15, 0.2) is 0 Å². The molecular formula is C21H34ClN3O2. The maximum Gasteiger partial charge on any atom is 0.243 e. The van der Waals surface area contributed by atoms with Crippen LogP contribution in [0.5, 0.6) is 0 Å². The van der Waals surface area contributed by atoms with E-state index in [-0.39, 0.29) is 35.8 Å². The predicted octanol–water partition coefficient (Wildman–Crippen LogP) is 2.48. The topological polar surface area (TPSA) is 61.4 Å². The van der Waals surface area contributed by atoms with Crippen molar-refractivity contribution in [1.29, 1.82) is 0 Å². The number of carbonyl (C=O) groups is 2. The van der Waals surface area contributed by atoms with Crippen LogP contribution < -0.4 is 10.6 Å².